The van der Waals surface area contributed by atoms with Gasteiger partial charge in [-0.3, -0.25) is 4.79 Å². The molecule has 0 saturated carbocycles. The summed E-state index contributed by atoms with van der Waals surface area (Å²) in [5.41, 5.74) is 4.27. The molecule has 1 aromatic heterocycles. The molecule has 12 nitrogen and oxygen atoms in total. The van der Waals surface area contributed by atoms with Crippen LogP contribution in [0.15, 0.2) is 30.5 Å². The molecule has 2 N–H and O–H groups in total. The molecule has 42 heavy (non-hydrogen) atoms. The first-order valence-electron chi connectivity index (χ1n) is 12.7. The Balaban J connectivity index is 1.97. The molecule has 17 heteroatoms. The van der Waals surface area contributed by atoms with Gasteiger partial charge >= 0.3 is 22.5 Å². The standard InChI is InChI=1S/C25H30ClF3N4O8S/c1-3-9-33(42(36,37)32-10-5-6-16(15-32)22(30)34)24(35)41-21-19(39-12-11-38-2)7-4-8-20(21)40-23-18(26)13-17(14-31-23)25(27,28)29/h4,7-8,13-14,16H,3,5-6,9-12,15H2,1-2H3,(H2,30,34). The zero-order valence-electron chi connectivity index (χ0n) is 22.7. The van der Waals surface area contributed by atoms with Gasteiger partial charge in [-0.1, -0.05) is 24.6 Å². The molecule has 1 saturated heterocycles. The number of methoxy groups -OCH3 is 1. The van der Waals surface area contributed by atoms with Crippen molar-refractivity contribution in [3.8, 4) is 23.1 Å². The molecular weight excluding hydrogens is 609 g/mol. The van der Waals surface area contributed by atoms with Crippen molar-refractivity contribution in [2.45, 2.75) is 32.4 Å². The van der Waals surface area contributed by atoms with Gasteiger partial charge in [-0.2, -0.15) is 30.2 Å². The van der Waals surface area contributed by atoms with Crippen molar-refractivity contribution in [3.05, 3.63) is 41.0 Å². The zero-order valence-corrected chi connectivity index (χ0v) is 24.3. The number of nitrogens with two attached hydrogens (primary N) is 1. The third kappa shape index (κ3) is 8.14. The number of nitrogens with zero attached hydrogens (tertiary/aromatic N) is 3. The second kappa shape index (κ2) is 14.2. The first kappa shape index (κ1) is 33.2. The molecular formula is C25H30ClF3N4O8S. The summed E-state index contributed by atoms with van der Waals surface area (Å²) < 4.78 is 89.4. The first-order chi connectivity index (χ1) is 19.8. The Hall–Kier alpha value is -3.34. The maximum absolute atomic E-state index is 13.5. The lowest BCUT2D eigenvalue weighted by Crippen LogP contribution is -2.52. The molecule has 0 radical (unpaired) electrons. The van der Waals surface area contributed by atoms with Crippen molar-refractivity contribution in [2.75, 3.05) is 40.0 Å². The normalized spacial score (nSPS) is 16.1. The zero-order chi connectivity index (χ0) is 31.1. The Kier molecular flexibility index (Phi) is 11.2. The van der Waals surface area contributed by atoms with Crippen molar-refractivity contribution in [1.29, 1.82) is 0 Å². The number of carbonyl (C=O) groups excluding carboxylic acids is 2. The van der Waals surface area contributed by atoms with Crippen molar-refractivity contribution >= 4 is 33.8 Å². The second-order valence-electron chi connectivity index (χ2n) is 9.08. The van der Waals surface area contributed by atoms with E-state index in [-0.39, 0.29) is 56.5 Å². The van der Waals surface area contributed by atoms with Gasteiger partial charge in [0.1, 0.15) is 11.6 Å². The van der Waals surface area contributed by atoms with Gasteiger partial charge in [0.05, 0.1) is 18.1 Å². The highest BCUT2D eigenvalue weighted by Gasteiger charge is 2.39. The largest absolute Gasteiger partial charge is 0.487 e. The summed E-state index contributed by atoms with van der Waals surface area (Å²) in [4.78, 5) is 28.8. The number of pyridine rings is 1. The Morgan fingerprint density at radius 2 is 1.95 bits per heavy atom. The molecule has 2 heterocycles. The number of piperidine rings is 1. The number of primary amides is 1. The van der Waals surface area contributed by atoms with E-state index < -0.39 is 50.8 Å². The highest BCUT2D eigenvalue weighted by Crippen LogP contribution is 2.42. The highest BCUT2D eigenvalue weighted by molar-refractivity contribution is 7.87. The summed E-state index contributed by atoms with van der Waals surface area (Å²) in [6.07, 6.45) is -4.52. The number of halogens is 4. The molecule has 1 fully saturated rings. The monoisotopic (exact) mass is 638 g/mol. The fourth-order valence-corrected chi connectivity index (χ4v) is 5.80. The van der Waals surface area contributed by atoms with Gasteiger partial charge in [0.15, 0.2) is 11.5 Å². The van der Waals surface area contributed by atoms with E-state index >= 15 is 0 Å². The van der Waals surface area contributed by atoms with E-state index in [1.165, 1.54) is 25.3 Å². The third-order valence-corrected chi connectivity index (χ3v) is 8.18. The van der Waals surface area contributed by atoms with Crippen LogP contribution in [0.2, 0.25) is 5.02 Å². The van der Waals surface area contributed by atoms with E-state index in [0.717, 1.165) is 4.31 Å². The number of alkyl halides is 3. The van der Waals surface area contributed by atoms with Crippen molar-refractivity contribution in [3.63, 3.8) is 0 Å². The Morgan fingerprint density at radius 1 is 1.24 bits per heavy atom. The summed E-state index contributed by atoms with van der Waals surface area (Å²) in [7, 11) is -3.03. The van der Waals surface area contributed by atoms with Crippen LogP contribution >= 0.6 is 11.6 Å². The number of rotatable bonds is 12. The predicted octanol–water partition coefficient (Wildman–Crippen LogP) is 4.22. The van der Waals surface area contributed by atoms with Crippen molar-refractivity contribution in [2.24, 2.45) is 11.7 Å². The smallest absolute Gasteiger partial charge is 0.430 e. The third-order valence-electron chi connectivity index (χ3n) is 6.04. The van der Waals surface area contributed by atoms with Gasteiger partial charge < -0.3 is 24.7 Å². The van der Waals surface area contributed by atoms with Gasteiger partial charge in [0.2, 0.25) is 17.5 Å². The van der Waals surface area contributed by atoms with Crippen LogP contribution in [0.4, 0.5) is 18.0 Å². The Labute approximate surface area is 245 Å². The van der Waals surface area contributed by atoms with Crippen LogP contribution in [0.3, 0.4) is 0 Å². The van der Waals surface area contributed by atoms with Crippen molar-refractivity contribution in [1.82, 2.24) is 13.6 Å². The molecule has 1 unspecified atom stereocenters. The minimum atomic E-state index is -4.70. The van der Waals surface area contributed by atoms with Crippen LogP contribution in [0.1, 0.15) is 31.7 Å². The first-order valence-corrected chi connectivity index (χ1v) is 14.5. The minimum absolute atomic E-state index is 0.0109. The van der Waals surface area contributed by atoms with Gasteiger partial charge in [0.25, 0.3) is 0 Å². The lowest BCUT2D eigenvalue weighted by Gasteiger charge is -2.34. The Morgan fingerprint density at radius 3 is 2.57 bits per heavy atom. The highest BCUT2D eigenvalue weighted by atomic mass is 35.5. The molecule has 1 aromatic carbocycles. The summed E-state index contributed by atoms with van der Waals surface area (Å²) >= 11 is 5.99. The molecule has 1 aliphatic heterocycles. The lowest BCUT2D eigenvalue weighted by atomic mass is 9.99. The van der Waals surface area contributed by atoms with E-state index in [2.05, 4.69) is 4.98 Å². The second-order valence-corrected chi connectivity index (χ2v) is 11.3. The van der Waals surface area contributed by atoms with Crippen LogP contribution in [-0.2, 0) is 25.9 Å². The van der Waals surface area contributed by atoms with Crippen LogP contribution in [0.5, 0.6) is 23.1 Å². The average molecular weight is 639 g/mol. The number of hydrogen-bond donors (Lipinski definition) is 1. The SMILES string of the molecule is CCCN(C(=O)Oc1c(OCCOC)cccc1Oc1ncc(C(F)(F)F)cc1Cl)S(=O)(=O)N1CCCC(C(N)=O)C1. The van der Waals surface area contributed by atoms with Gasteiger partial charge in [0, 0.05) is 32.9 Å². The fraction of sp³-hybridized carbons (Fsp3) is 0.480. The molecule has 0 bridgehead atoms. The number of hydrogen-bond acceptors (Lipinski definition) is 9. The minimum Gasteiger partial charge on any atom is -0.487 e. The summed E-state index contributed by atoms with van der Waals surface area (Å²) in [6.45, 7) is 1.36. The molecule has 2 aromatic rings. The van der Waals surface area contributed by atoms with Crippen molar-refractivity contribution < 1.29 is 50.1 Å². The predicted molar refractivity (Wildman–Crippen MR) is 144 cm³/mol. The van der Waals surface area contributed by atoms with Gasteiger partial charge in [-0.15, -0.1) is 0 Å². The van der Waals surface area contributed by atoms with E-state index in [9.17, 15) is 31.2 Å². The maximum Gasteiger partial charge on any atom is 0.430 e. The van der Waals surface area contributed by atoms with Crippen LogP contribution < -0.4 is 19.9 Å². The molecule has 2 amide bonds. The molecule has 232 valence electrons. The number of ether oxygens (including phenoxy) is 4. The van der Waals surface area contributed by atoms with Crippen LogP contribution in [0.25, 0.3) is 0 Å². The number of para-hydroxylation sites is 1. The number of aromatic nitrogens is 1. The maximum atomic E-state index is 13.5. The molecule has 0 spiro atoms. The van der Waals surface area contributed by atoms with Crippen LogP contribution in [0, 0.1) is 5.92 Å². The molecule has 0 aliphatic carbocycles. The Bertz CT molecular complexity index is 1380. The lowest BCUT2D eigenvalue weighted by molar-refractivity contribution is -0.137. The summed E-state index contributed by atoms with van der Waals surface area (Å²) in [5, 5.41) is -0.489. The average Bonchev–Trinajstić information content (AvgIpc) is 2.93. The van der Waals surface area contributed by atoms with Gasteiger partial charge in [-0.05, 0) is 37.5 Å². The summed E-state index contributed by atoms with van der Waals surface area (Å²) in [6, 6.07) is 4.74. The van der Waals surface area contributed by atoms with E-state index in [1.54, 1.807) is 6.92 Å². The van der Waals surface area contributed by atoms with Crippen LogP contribution in [-0.4, -0.2) is 74.0 Å². The van der Waals surface area contributed by atoms with Gasteiger partial charge in [-0.25, -0.2) is 9.78 Å². The van der Waals surface area contributed by atoms with E-state index in [1.807, 2.05) is 0 Å². The van der Waals surface area contributed by atoms with E-state index in [4.69, 9.17) is 36.3 Å². The number of carbonyl (C=O) groups is 2. The number of benzene rings is 1. The molecule has 1 atom stereocenters. The van der Waals surface area contributed by atoms with E-state index in [0.29, 0.717) is 29.4 Å². The molecule has 3 rings (SSSR count). The fourth-order valence-electron chi connectivity index (χ4n) is 3.95. The molecule has 1 aliphatic rings. The summed E-state index contributed by atoms with van der Waals surface area (Å²) in [5.74, 6) is -2.53. The topological polar surface area (TPSA) is 151 Å². The quantitative estimate of drug-likeness (QED) is 0.337. The number of amides is 2.